The van der Waals surface area contributed by atoms with E-state index in [-0.39, 0.29) is 24.6 Å². The van der Waals surface area contributed by atoms with Crippen molar-refractivity contribution in [2.24, 2.45) is 0 Å². The molecule has 0 spiro atoms. The molecule has 0 N–H and O–H groups in total. The molecule has 0 aliphatic carbocycles. The van der Waals surface area contributed by atoms with E-state index in [0.29, 0.717) is 19.8 Å². The highest BCUT2D eigenvalue weighted by Gasteiger charge is 2.47. The third-order valence-corrected chi connectivity index (χ3v) is 4.41. The lowest BCUT2D eigenvalue weighted by Crippen LogP contribution is -2.42. The van der Waals surface area contributed by atoms with Crippen LogP contribution in [0.15, 0.2) is 30.9 Å². The van der Waals surface area contributed by atoms with Gasteiger partial charge in [-0.05, 0) is 37.0 Å². The van der Waals surface area contributed by atoms with Gasteiger partial charge in [0.15, 0.2) is 6.29 Å². The summed E-state index contributed by atoms with van der Waals surface area (Å²) in [6.45, 7) is 9.76. The molecular weight excluding hydrogens is 280 g/mol. The number of hydrogen-bond donors (Lipinski definition) is 0. The molecule has 2 aliphatic heterocycles. The third kappa shape index (κ3) is 3.10. The maximum absolute atomic E-state index is 6.21. The van der Waals surface area contributed by atoms with Crippen LogP contribution in [0.25, 0.3) is 0 Å². The monoisotopic (exact) mass is 304 g/mol. The van der Waals surface area contributed by atoms with E-state index in [2.05, 4.69) is 38.6 Å². The molecule has 120 valence electrons. The van der Waals surface area contributed by atoms with Crippen LogP contribution in [0.1, 0.15) is 23.1 Å². The van der Waals surface area contributed by atoms with E-state index in [1.165, 1.54) is 16.7 Å². The highest BCUT2D eigenvalue weighted by molar-refractivity contribution is 5.32. The largest absolute Gasteiger partial charge is 0.368 e. The number of rotatable bonds is 5. The maximum atomic E-state index is 6.21. The van der Waals surface area contributed by atoms with Crippen molar-refractivity contribution in [2.45, 2.75) is 51.5 Å². The second-order valence-corrected chi connectivity index (χ2v) is 5.92. The van der Waals surface area contributed by atoms with Crippen molar-refractivity contribution in [3.05, 3.63) is 47.5 Å². The summed E-state index contributed by atoms with van der Waals surface area (Å²) in [5.41, 5.74) is 3.73. The first-order valence-electron chi connectivity index (χ1n) is 7.87. The summed E-state index contributed by atoms with van der Waals surface area (Å²) < 4.78 is 23.6. The Bertz CT molecular complexity index is 508. The molecule has 0 radical (unpaired) electrons. The molecule has 2 aliphatic rings. The highest BCUT2D eigenvalue weighted by atomic mass is 16.7. The van der Waals surface area contributed by atoms with Crippen molar-refractivity contribution >= 4 is 0 Å². The third-order valence-electron chi connectivity index (χ3n) is 4.41. The van der Waals surface area contributed by atoms with Gasteiger partial charge in [-0.2, -0.15) is 0 Å². The maximum Gasteiger partial charge on any atom is 0.186 e. The van der Waals surface area contributed by atoms with Gasteiger partial charge in [0, 0.05) is 0 Å². The molecule has 2 saturated heterocycles. The molecule has 4 heteroatoms. The highest BCUT2D eigenvalue weighted by Crippen LogP contribution is 2.32. The fraction of sp³-hybridized carbons (Fsp3) is 0.556. The topological polar surface area (TPSA) is 36.9 Å². The van der Waals surface area contributed by atoms with Crippen molar-refractivity contribution in [1.82, 2.24) is 0 Å². The van der Waals surface area contributed by atoms with Crippen molar-refractivity contribution in [3.8, 4) is 0 Å². The molecule has 1 aromatic carbocycles. The van der Waals surface area contributed by atoms with Crippen LogP contribution in [0.5, 0.6) is 0 Å². The Morgan fingerprint density at radius 1 is 1.23 bits per heavy atom. The van der Waals surface area contributed by atoms with E-state index >= 15 is 0 Å². The van der Waals surface area contributed by atoms with E-state index in [4.69, 9.17) is 18.9 Å². The first-order chi connectivity index (χ1) is 10.7. The second-order valence-electron chi connectivity index (χ2n) is 5.92. The number of hydrogen-bond acceptors (Lipinski definition) is 4. The molecule has 0 aromatic heterocycles. The normalized spacial score (nSPS) is 31.0. The average molecular weight is 304 g/mol. The summed E-state index contributed by atoms with van der Waals surface area (Å²) in [5.74, 6) is 0. The smallest absolute Gasteiger partial charge is 0.186 e. The van der Waals surface area contributed by atoms with Gasteiger partial charge < -0.3 is 18.9 Å². The molecule has 2 fully saturated rings. The fourth-order valence-corrected chi connectivity index (χ4v) is 3.16. The van der Waals surface area contributed by atoms with Gasteiger partial charge in [-0.15, -0.1) is 6.58 Å². The standard InChI is InChI=1S/C18H24O4/c1-4-6-15-16(17-18(22-15)20-10-9-19-17)21-11-14-12(2)7-5-8-13(14)3/h4-5,7-8,15-18H,1,6,9-11H2,2-3H3/t15-,16+,17-,18+/m1/s1. The molecule has 0 unspecified atom stereocenters. The Balaban J connectivity index is 1.72. The Kier molecular flexibility index (Phi) is 4.93. The summed E-state index contributed by atoms with van der Waals surface area (Å²) in [5, 5.41) is 0. The van der Waals surface area contributed by atoms with Crippen LogP contribution in [0.4, 0.5) is 0 Å². The SMILES string of the molecule is C=CC[C@H]1O[C@@H]2OCCO[C@@H]2[C@H]1OCc1c(C)cccc1C. The molecule has 0 saturated carbocycles. The van der Waals surface area contributed by atoms with Gasteiger partial charge >= 0.3 is 0 Å². The lowest BCUT2D eigenvalue weighted by Gasteiger charge is -2.28. The minimum atomic E-state index is -0.318. The van der Waals surface area contributed by atoms with E-state index in [1.807, 2.05) is 6.08 Å². The van der Waals surface area contributed by atoms with Gasteiger partial charge in [0.05, 0.1) is 25.9 Å². The van der Waals surface area contributed by atoms with Gasteiger partial charge in [-0.1, -0.05) is 24.3 Å². The van der Waals surface area contributed by atoms with Gasteiger partial charge in [0.25, 0.3) is 0 Å². The Labute approximate surface area is 132 Å². The van der Waals surface area contributed by atoms with Crippen LogP contribution in [0, 0.1) is 13.8 Å². The molecule has 2 heterocycles. The fourth-order valence-electron chi connectivity index (χ4n) is 3.16. The van der Waals surface area contributed by atoms with Crippen LogP contribution in [-0.4, -0.2) is 37.8 Å². The van der Waals surface area contributed by atoms with Crippen LogP contribution in [-0.2, 0) is 25.6 Å². The molecule has 1 aromatic rings. The van der Waals surface area contributed by atoms with Crippen molar-refractivity contribution in [3.63, 3.8) is 0 Å². The van der Waals surface area contributed by atoms with Gasteiger partial charge in [-0.25, -0.2) is 0 Å². The summed E-state index contributed by atoms with van der Waals surface area (Å²) in [6.07, 6.45) is 1.94. The van der Waals surface area contributed by atoms with E-state index in [1.54, 1.807) is 0 Å². The molecule has 4 nitrogen and oxygen atoms in total. The summed E-state index contributed by atoms with van der Waals surface area (Å²) in [6, 6.07) is 6.30. The predicted molar refractivity (Wildman–Crippen MR) is 83.7 cm³/mol. The van der Waals surface area contributed by atoms with Crippen LogP contribution in [0.2, 0.25) is 0 Å². The van der Waals surface area contributed by atoms with Crippen LogP contribution in [0.3, 0.4) is 0 Å². The Hall–Kier alpha value is -1.20. The van der Waals surface area contributed by atoms with E-state index < -0.39 is 0 Å². The lowest BCUT2D eigenvalue weighted by molar-refractivity contribution is -0.221. The quantitative estimate of drug-likeness (QED) is 0.784. The summed E-state index contributed by atoms with van der Waals surface area (Å²) in [7, 11) is 0. The first-order valence-corrected chi connectivity index (χ1v) is 7.87. The van der Waals surface area contributed by atoms with Crippen LogP contribution >= 0.6 is 0 Å². The Morgan fingerprint density at radius 3 is 2.68 bits per heavy atom. The molecular formula is C18H24O4. The van der Waals surface area contributed by atoms with Gasteiger partial charge in [0.1, 0.15) is 12.2 Å². The molecule has 0 bridgehead atoms. The minimum absolute atomic E-state index is 0.0603. The lowest BCUT2D eigenvalue weighted by atomic mass is 10.0. The average Bonchev–Trinajstić information content (AvgIpc) is 2.85. The molecule has 22 heavy (non-hydrogen) atoms. The first kappa shape index (κ1) is 15.7. The zero-order valence-corrected chi connectivity index (χ0v) is 13.3. The van der Waals surface area contributed by atoms with Gasteiger partial charge in [0.2, 0.25) is 0 Å². The number of ether oxygens (including phenoxy) is 4. The molecule has 3 rings (SSSR count). The predicted octanol–water partition coefficient (Wildman–Crippen LogP) is 2.91. The minimum Gasteiger partial charge on any atom is -0.368 e. The van der Waals surface area contributed by atoms with Crippen LogP contribution < -0.4 is 0 Å². The molecule has 4 atom stereocenters. The van der Waals surface area contributed by atoms with E-state index in [0.717, 1.165) is 6.42 Å². The van der Waals surface area contributed by atoms with Crippen molar-refractivity contribution in [2.75, 3.05) is 13.2 Å². The number of benzene rings is 1. The zero-order valence-electron chi connectivity index (χ0n) is 13.3. The van der Waals surface area contributed by atoms with Crippen molar-refractivity contribution < 1.29 is 18.9 Å². The Morgan fingerprint density at radius 2 is 1.95 bits per heavy atom. The number of aryl methyl sites for hydroxylation is 2. The van der Waals surface area contributed by atoms with Crippen molar-refractivity contribution in [1.29, 1.82) is 0 Å². The summed E-state index contributed by atoms with van der Waals surface area (Å²) >= 11 is 0. The summed E-state index contributed by atoms with van der Waals surface area (Å²) in [4.78, 5) is 0. The van der Waals surface area contributed by atoms with E-state index in [9.17, 15) is 0 Å². The van der Waals surface area contributed by atoms with Gasteiger partial charge in [-0.3, -0.25) is 0 Å². The number of fused-ring (bicyclic) bond motifs is 1. The zero-order chi connectivity index (χ0) is 15.5. The second kappa shape index (κ2) is 6.92. The molecule has 0 amide bonds.